The van der Waals surface area contributed by atoms with Gasteiger partial charge in [-0.05, 0) is 62.9 Å². The normalized spacial score (nSPS) is 20.1. The molecule has 0 N–H and O–H groups in total. The summed E-state index contributed by atoms with van der Waals surface area (Å²) in [6.07, 6.45) is 1.54. The zero-order chi connectivity index (χ0) is 26.8. The molecule has 4 aromatic rings. The molecule has 4 heterocycles. The Morgan fingerprint density at radius 2 is 1.76 bits per heavy atom. The van der Waals surface area contributed by atoms with Crippen molar-refractivity contribution in [2.24, 2.45) is 0 Å². The second kappa shape index (κ2) is 9.00. The monoisotopic (exact) mass is 540 g/mol. The van der Waals surface area contributed by atoms with Crippen LogP contribution in [0.25, 0.3) is 22.2 Å². The van der Waals surface area contributed by atoms with E-state index in [0.717, 1.165) is 34.5 Å². The molecule has 11 heteroatoms. The number of aromatic nitrogens is 3. The number of hydrogen-bond donors (Lipinski definition) is 0. The van der Waals surface area contributed by atoms with Crippen molar-refractivity contribution in [3.63, 3.8) is 0 Å². The van der Waals surface area contributed by atoms with E-state index in [1.165, 1.54) is 11.0 Å². The van der Waals surface area contributed by atoms with E-state index < -0.39 is 27.5 Å². The van der Waals surface area contributed by atoms with Gasteiger partial charge >= 0.3 is 0 Å². The number of sulfone groups is 1. The van der Waals surface area contributed by atoms with E-state index in [0.29, 0.717) is 36.4 Å². The van der Waals surface area contributed by atoms with Crippen molar-refractivity contribution >= 4 is 32.5 Å². The predicted molar refractivity (Wildman–Crippen MR) is 137 cm³/mol. The van der Waals surface area contributed by atoms with Crippen molar-refractivity contribution in [1.29, 1.82) is 0 Å². The lowest BCUT2D eigenvalue weighted by Crippen LogP contribution is -2.32. The highest BCUT2D eigenvalue weighted by Gasteiger charge is 2.39. The molecular weight excluding hydrogens is 514 g/mol. The number of benzene rings is 2. The summed E-state index contributed by atoms with van der Waals surface area (Å²) in [5, 5.41) is 4.05. The number of nitrogens with zero attached hydrogens (tertiary/aromatic N) is 4. The molecule has 1 amide bonds. The third-order valence-electron chi connectivity index (χ3n) is 7.62. The average molecular weight is 541 g/mol. The highest BCUT2D eigenvalue weighted by molar-refractivity contribution is 7.91. The van der Waals surface area contributed by atoms with Crippen LogP contribution in [-0.4, -0.2) is 40.5 Å². The van der Waals surface area contributed by atoms with Crippen LogP contribution >= 0.6 is 0 Å². The molecule has 2 aromatic carbocycles. The third-order valence-corrected chi connectivity index (χ3v) is 9.33. The molecule has 0 aliphatic carbocycles. The standard InChI is InChI=1S/C27H26F2N4O4S/c1-15-26(16(2)37-31-15)17-3-6-23-22(13-17)30-27(33(23)18-9-11-38(35,36)12-10-18)24-7-8-25(34)32(24)19-4-5-20(28)21(29)14-19/h3-6,13-14,18,24H,7-12H2,1-2H3/t24-/m0/s1. The summed E-state index contributed by atoms with van der Waals surface area (Å²) in [5.41, 5.74) is 4.30. The SMILES string of the molecule is Cc1noc(C)c1-c1ccc2c(c1)nc([C@@H]1CCC(=O)N1c1ccc(F)c(F)c1)n2C1CCS(=O)(=O)CC1. The Bertz CT molecular complexity index is 1660. The van der Waals surface area contributed by atoms with Crippen LogP contribution in [-0.2, 0) is 14.6 Å². The first-order valence-electron chi connectivity index (χ1n) is 12.6. The first-order valence-corrected chi connectivity index (χ1v) is 14.4. The Morgan fingerprint density at radius 3 is 2.45 bits per heavy atom. The molecule has 2 aliphatic heterocycles. The zero-order valence-electron chi connectivity index (χ0n) is 20.9. The summed E-state index contributed by atoms with van der Waals surface area (Å²) in [5.74, 6) is -0.784. The fraction of sp³-hybridized carbons (Fsp3) is 0.370. The smallest absolute Gasteiger partial charge is 0.227 e. The van der Waals surface area contributed by atoms with Gasteiger partial charge in [-0.25, -0.2) is 22.2 Å². The van der Waals surface area contributed by atoms with E-state index in [4.69, 9.17) is 9.51 Å². The fourth-order valence-electron chi connectivity index (χ4n) is 5.81. The molecule has 0 bridgehead atoms. The van der Waals surface area contributed by atoms with Crippen LogP contribution in [0.5, 0.6) is 0 Å². The number of fused-ring (bicyclic) bond motifs is 1. The predicted octanol–water partition coefficient (Wildman–Crippen LogP) is 5.20. The second-order valence-electron chi connectivity index (χ2n) is 10.0. The van der Waals surface area contributed by atoms with Gasteiger partial charge in [0.15, 0.2) is 11.6 Å². The molecule has 0 radical (unpaired) electrons. The Labute approximate surface area is 218 Å². The molecule has 198 valence electrons. The van der Waals surface area contributed by atoms with Gasteiger partial charge in [0.25, 0.3) is 0 Å². The van der Waals surface area contributed by atoms with Crippen molar-refractivity contribution in [2.75, 3.05) is 16.4 Å². The summed E-state index contributed by atoms with van der Waals surface area (Å²) in [6, 6.07) is 8.65. The molecule has 8 nitrogen and oxygen atoms in total. The van der Waals surface area contributed by atoms with Gasteiger partial charge in [0, 0.05) is 29.8 Å². The Kier molecular flexibility index (Phi) is 5.86. The van der Waals surface area contributed by atoms with Gasteiger partial charge < -0.3 is 14.0 Å². The first kappa shape index (κ1) is 24.7. The number of carbonyl (C=O) groups is 1. The molecule has 38 heavy (non-hydrogen) atoms. The Balaban J connectivity index is 1.51. The lowest BCUT2D eigenvalue weighted by Gasteiger charge is -2.30. The minimum atomic E-state index is -3.10. The Morgan fingerprint density at radius 1 is 1.00 bits per heavy atom. The maximum Gasteiger partial charge on any atom is 0.227 e. The number of imidazole rings is 1. The van der Waals surface area contributed by atoms with E-state index in [1.807, 2.05) is 32.0 Å². The maximum atomic E-state index is 14.1. The minimum Gasteiger partial charge on any atom is -0.361 e. The van der Waals surface area contributed by atoms with Gasteiger partial charge in [0.05, 0.1) is 34.3 Å². The second-order valence-corrected chi connectivity index (χ2v) is 12.3. The summed E-state index contributed by atoms with van der Waals surface area (Å²) in [7, 11) is -3.10. The zero-order valence-corrected chi connectivity index (χ0v) is 21.8. The number of rotatable bonds is 4. The Hall–Kier alpha value is -3.60. The molecule has 2 aromatic heterocycles. The molecular formula is C27H26F2N4O4S. The van der Waals surface area contributed by atoms with Gasteiger partial charge in [0.1, 0.15) is 21.4 Å². The van der Waals surface area contributed by atoms with Gasteiger partial charge in [-0.3, -0.25) is 4.79 Å². The molecule has 2 aliphatic rings. The quantitative estimate of drug-likeness (QED) is 0.353. The molecule has 0 saturated carbocycles. The van der Waals surface area contributed by atoms with E-state index in [1.54, 1.807) is 0 Å². The van der Waals surface area contributed by atoms with Crippen LogP contribution in [0.1, 0.15) is 55.0 Å². The molecule has 6 rings (SSSR count). The molecule has 1 atom stereocenters. The van der Waals surface area contributed by atoms with Crippen molar-refractivity contribution < 1.29 is 26.5 Å². The number of anilines is 1. The minimum absolute atomic E-state index is 0.0738. The number of carbonyl (C=O) groups excluding carboxylic acids is 1. The van der Waals surface area contributed by atoms with Crippen LogP contribution in [0.3, 0.4) is 0 Å². The van der Waals surface area contributed by atoms with Crippen molar-refractivity contribution in [1.82, 2.24) is 14.7 Å². The summed E-state index contributed by atoms with van der Waals surface area (Å²) >= 11 is 0. The van der Waals surface area contributed by atoms with Crippen LogP contribution in [0, 0.1) is 25.5 Å². The van der Waals surface area contributed by atoms with Gasteiger partial charge in [-0.1, -0.05) is 11.2 Å². The summed E-state index contributed by atoms with van der Waals surface area (Å²) in [6.45, 7) is 3.71. The molecule has 2 fully saturated rings. The fourth-order valence-corrected chi connectivity index (χ4v) is 7.28. The highest BCUT2D eigenvalue weighted by Crippen LogP contribution is 2.41. The summed E-state index contributed by atoms with van der Waals surface area (Å²) in [4.78, 5) is 19.5. The molecule has 0 unspecified atom stereocenters. The van der Waals surface area contributed by atoms with E-state index >= 15 is 0 Å². The number of halogens is 2. The lowest BCUT2D eigenvalue weighted by molar-refractivity contribution is -0.117. The number of hydrogen-bond acceptors (Lipinski definition) is 6. The van der Waals surface area contributed by atoms with E-state index in [2.05, 4.69) is 9.72 Å². The molecule has 2 saturated heterocycles. The topological polar surface area (TPSA) is 98.3 Å². The van der Waals surface area contributed by atoms with Crippen molar-refractivity contribution in [3.05, 3.63) is 65.3 Å². The largest absolute Gasteiger partial charge is 0.361 e. The van der Waals surface area contributed by atoms with Gasteiger partial charge in [-0.2, -0.15) is 0 Å². The third kappa shape index (κ3) is 4.09. The molecule has 0 spiro atoms. The summed E-state index contributed by atoms with van der Waals surface area (Å²) < 4.78 is 59.6. The van der Waals surface area contributed by atoms with Gasteiger partial charge in [-0.15, -0.1) is 0 Å². The van der Waals surface area contributed by atoms with E-state index in [-0.39, 0.29) is 35.6 Å². The van der Waals surface area contributed by atoms with Crippen LogP contribution in [0.15, 0.2) is 40.9 Å². The van der Waals surface area contributed by atoms with E-state index in [9.17, 15) is 22.0 Å². The maximum absolute atomic E-state index is 14.1. The average Bonchev–Trinajstić information content (AvgIpc) is 3.55. The highest BCUT2D eigenvalue weighted by atomic mass is 32.2. The van der Waals surface area contributed by atoms with Crippen molar-refractivity contribution in [2.45, 2.75) is 51.6 Å². The van der Waals surface area contributed by atoms with Crippen LogP contribution < -0.4 is 4.90 Å². The number of amides is 1. The van der Waals surface area contributed by atoms with Gasteiger partial charge in [0.2, 0.25) is 5.91 Å². The number of aryl methyl sites for hydroxylation is 2. The van der Waals surface area contributed by atoms with Crippen LogP contribution in [0.4, 0.5) is 14.5 Å². The van der Waals surface area contributed by atoms with Crippen molar-refractivity contribution in [3.8, 4) is 11.1 Å². The first-order chi connectivity index (χ1) is 18.1. The van der Waals surface area contributed by atoms with Crippen LogP contribution in [0.2, 0.25) is 0 Å². The lowest BCUT2D eigenvalue weighted by atomic mass is 10.0.